The van der Waals surface area contributed by atoms with Gasteiger partial charge in [0.05, 0.1) is 20.3 Å². The average molecular weight is 291 g/mol. The normalized spacial score (nSPS) is 15.3. The maximum Gasteiger partial charge on any atom is 0.322 e. The Morgan fingerprint density at radius 3 is 2.52 bits per heavy atom. The van der Waals surface area contributed by atoms with E-state index < -0.39 is 6.04 Å². The molecule has 0 fully saturated rings. The van der Waals surface area contributed by atoms with Crippen LogP contribution >= 0.6 is 0 Å². The third-order valence-corrected chi connectivity index (χ3v) is 3.25. The summed E-state index contributed by atoms with van der Waals surface area (Å²) >= 11 is 0. The summed E-state index contributed by atoms with van der Waals surface area (Å²) in [7, 11) is 1.35. The summed E-state index contributed by atoms with van der Waals surface area (Å²) in [6.07, 6.45) is 3.55. The zero-order chi connectivity index (χ0) is 15.7. The highest BCUT2D eigenvalue weighted by Crippen LogP contribution is 2.21. The molecule has 4 heteroatoms. The van der Waals surface area contributed by atoms with Crippen molar-refractivity contribution in [2.45, 2.75) is 32.7 Å². The Kier molecular flexibility index (Phi) is 7.72. The maximum atomic E-state index is 11.3. The molecule has 0 bridgehead atoms. The van der Waals surface area contributed by atoms with E-state index >= 15 is 0 Å². The van der Waals surface area contributed by atoms with E-state index in [1.54, 1.807) is 0 Å². The van der Waals surface area contributed by atoms with Crippen molar-refractivity contribution in [3.8, 4) is 0 Å². The molecule has 1 aromatic rings. The zero-order valence-electron chi connectivity index (χ0n) is 13.1. The number of hydrogen-bond donors (Lipinski definition) is 1. The highest BCUT2D eigenvalue weighted by molar-refractivity contribution is 5.75. The van der Waals surface area contributed by atoms with Crippen LogP contribution in [0.3, 0.4) is 0 Å². The van der Waals surface area contributed by atoms with Crippen LogP contribution in [-0.4, -0.2) is 32.3 Å². The lowest BCUT2D eigenvalue weighted by molar-refractivity contribution is -0.142. The van der Waals surface area contributed by atoms with E-state index in [0.717, 1.165) is 18.6 Å². The standard InChI is InChI=1S/C15H19NO3.C2H6/c1-18-15(17)14(16)10-11-2-4-12(5-3-11)13-6-8-19-9-7-13;1-2/h2-6,14H,7-10,16H2,1H3;1-2H3. The third-order valence-electron chi connectivity index (χ3n) is 3.25. The predicted molar refractivity (Wildman–Crippen MR) is 84.9 cm³/mol. The van der Waals surface area contributed by atoms with Gasteiger partial charge in [0.2, 0.25) is 0 Å². The first-order valence-electron chi connectivity index (χ1n) is 7.40. The molecule has 1 aliphatic heterocycles. The molecule has 21 heavy (non-hydrogen) atoms. The number of ether oxygens (including phenoxy) is 2. The first-order chi connectivity index (χ1) is 10.2. The Hall–Kier alpha value is -1.65. The van der Waals surface area contributed by atoms with Crippen LogP contribution in [-0.2, 0) is 20.7 Å². The van der Waals surface area contributed by atoms with Gasteiger partial charge in [-0.15, -0.1) is 0 Å². The summed E-state index contributed by atoms with van der Waals surface area (Å²) in [5, 5.41) is 0. The Labute approximate surface area is 126 Å². The molecule has 1 atom stereocenters. The van der Waals surface area contributed by atoms with E-state index in [0.29, 0.717) is 13.0 Å². The fraction of sp³-hybridized carbons (Fsp3) is 0.471. The molecule has 1 aromatic carbocycles. The quantitative estimate of drug-likeness (QED) is 0.866. The van der Waals surface area contributed by atoms with Crippen LogP contribution in [0.25, 0.3) is 5.57 Å². The number of benzene rings is 1. The molecule has 1 aliphatic rings. The van der Waals surface area contributed by atoms with Gasteiger partial charge in [0.25, 0.3) is 0 Å². The van der Waals surface area contributed by atoms with Gasteiger partial charge in [-0.3, -0.25) is 4.79 Å². The molecule has 0 saturated heterocycles. The summed E-state index contributed by atoms with van der Waals surface area (Å²) in [6.45, 7) is 5.46. The molecule has 0 spiro atoms. The van der Waals surface area contributed by atoms with E-state index in [1.807, 2.05) is 26.0 Å². The lowest BCUT2D eigenvalue weighted by atomic mass is 9.98. The Balaban J connectivity index is 0.00000106. The Morgan fingerprint density at radius 2 is 2.00 bits per heavy atom. The van der Waals surface area contributed by atoms with Crippen molar-refractivity contribution in [2.75, 3.05) is 20.3 Å². The lowest BCUT2D eigenvalue weighted by Crippen LogP contribution is -2.33. The van der Waals surface area contributed by atoms with Crippen molar-refractivity contribution in [2.24, 2.45) is 5.73 Å². The lowest BCUT2D eigenvalue weighted by Gasteiger charge is -2.14. The van der Waals surface area contributed by atoms with Crippen molar-refractivity contribution in [3.05, 3.63) is 41.5 Å². The van der Waals surface area contributed by atoms with Gasteiger partial charge in [-0.2, -0.15) is 0 Å². The van der Waals surface area contributed by atoms with Crippen LogP contribution in [0.4, 0.5) is 0 Å². The van der Waals surface area contributed by atoms with Gasteiger partial charge >= 0.3 is 5.97 Å². The minimum absolute atomic E-state index is 0.379. The summed E-state index contributed by atoms with van der Waals surface area (Å²) in [5.74, 6) is -0.379. The largest absolute Gasteiger partial charge is 0.468 e. The van der Waals surface area contributed by atoms with Crippen LogP contribution in [0.15, 0.2) is 30.3 Å². The van der Waals surface area contributed by atoms with Gasteiger partial charge in [-0.05, 0) is 29.5 Å². The molecular formula is C17H25NO3. The van der Waals surface area contributed by atoms with E-state index in [9.17, 15) is 4.79 Å². The van der Waals surface area contributed by atoms with Crippen LogP contribution < -0.4 is 5.73 Å². The summed E-state index contributed by atoms with van der Waals surface area (Å²) < 4.78 is 9.91. The second kappa shape index (κ2) is 9.32. The number of esters is 1. The second-order valence-corrected chi connectivity index (χ2v) is 4.58. The number of methoxy groups -OCH3 is 1. The molecule has 0 amide bonds. The fourth-order valence-corrected chi connectivity index (χ4v) is 2.13. The van der Waals surface area contributed by atoms with Crippen LogP contribution in [0.1, 0.15) is 31.4 Å². The molecule has 1 heterocycles. The number of rotatable bonds is 4. The fourth-order valence-electron chi connectivity index (χ4n) is 2.13. The molecule has 116 valence electrons. The molecule has 0 saturated carbocycles. The molecule has 0 radical (unpaired) electrons. The SMILES string of the molecule is CC.COC(=O)C(N)Cc1ccc(C2=CCOCC2)cc1. The number of nitrogens with two attached hydrogens (primary N) is 1. The molecule has 1 unspecified atom stereocenters. The minimum Gasteiger partial charge on any atom is -0.468 e. The van der Waals surface area contributed by atoms with Crippen molar-refractivity contribution in [1.29, 1.82) is 0 Å². The van der Waals surface area contributed by atoms with Gasteiger partial charge in [0.15, 0.2) is 0 Å². The molecule has 4 nitrogen and oxygen atoms in total. The van der Waals surface area contributed by atoms with Crippen molar-refractivity contribution in [3.63, 3.8) is 0 Å². The van der Waals surface area contributed by atoms with Crippen molar-refractivity contribution in [1.82, 2.24) is 0 Å². The summed E-state index contributed by atoms with van der Waals surface area (Å²) in [5.41, 5.74) is 9.30. The Morgan fingerprint density at radius 1 is 1.33 bits per heavy atom. The highest BCUT2D eigenvalue weighted by Gasteiger charge is 2.14. The van der Waals surface area contributed by atoms with E-state index in [4.69, 9.17) is 10.5 Å². The van der Waals surface area contributed by atoms with Gasteiger partial charge < -0.3 is 15.2 Å². The number of hydrogen-bond acceptors (Lipinski definition) is 4. The topological polar surface area (TPSA) is 61.5 Å². The van der Waals surface area contributed by atoms with E-state index in [-0.39, 0.29) is 5.97 Å². The summed E-state index contributed by atoms with van der Waals surface area (Å²) in [4.78, 5) is 11.3. The summed E-state index contributed by atoms with van der Waals surface area (Å²) in [6, 6.07) is 7.55. The maximum absolute atomic E-state index is 11.3. The predicted octanol–water partition coefficient (Wildman–Crippen LogP) is 2.56. The minimum atomic E-state index is -0.599. The monoisotopic (exact) mass is 291 g/mol. The second-order valence-electron chi connectivity index (χ2n) is 4.58. The number of carbonyl (C=O) groups excluding carboxylic acids is 1. The van der Waals surface area contributed by atoms with Crippen molar-refractivity contribution < 1.29 is 14.3 Å². The van der Waals surface area contributed by atoms with E-state index in [1.165, 1.54) is 18.2 Å². The molecular weight excluding hydrogens is 266 g/mol. The molecule has 2 rings (SSSR count). The smallest absolute Gasteiger partial charge is 0.322 e. The van der Waals surface area contributed by atoms with Crippen LogP contribution in [0.5, 0.6) is 0 Å². The molecule has 2 N–H and O–H groups in total. The van der Waals surface area contributed by atoms with Gasteiger partial charge in [-0.25, -0.2) is 0 Å². The van der Waals surface area contributed by atoms with Crippen LogP contribution in [0.2, 0.25) is 0 Å². The van der Waals surface area contributed by atoms with Crippen LogP contribution in [0, 0.1) is 0 Å². The molecule has 0 aromatic heterocycles. The number of carbonyl (C=O) groups is 1. The molecule has 0 aliphatic carbocycles. The zero-order valence-corrected chi connectivity index (χ0v) is 13.1. The first-order valence-corrected chi connectivity index (χ1v) is 7.40. The highest BCUT2D eigenvalue weighted by atomic mass is 16.5. The average Bonchev–Trinajstić information content (AvgIpc) is 2.57. The third kappa shape index (κ3) is 5.33. The Bertz CT molecular complexity index is 465. The van der Waals surface area contributed by atoms with Crippen molar-refractivity contribution >= 4 is 11.5 Å². The van der Waals surface area contributed by atoms with E-state index in [2.05, 4.69) is 22.9 Å². The van der Waals surface area contributed by atoms with Gasteiger partial charge in [0.1, 0.15) is 6.04 Å². The van der Waals surface area contributed by atoms with Gasteiger partial charge in [-0.1, -0.05) is 44.2 Å². The first kappa shape index (κ1) is 17.4. The van der Waals surface area contributed by atoms with Gasteiger partial charge in [0, 0.05) is 0 Å².